The first-order valence-corrected chi connectivity index (χ1v) is 9.67. The summed E-state index contributed by atoms with van der Waals surface area (Å²) >= 11 is 0. The lowest BCUT2D eigenvalue weighted by Gasteiger charge is -2.21. The van der Waals surface area contributed by atoms with Gasteiger partial charge in [0.25, 0.3) is 0 Å². The number of rotatable bonds is 17. The van der Waals surface area contributed by atoms with Gasteiger partial charge in [0.2, 0.25) is 0 Å². The van der Waals surface area contributed by atoms with Gasteiger partial charge >= 0.3 is 8.25 Å². The molecule has 0 rings (SSSR count). The summed E-state index contributed by atoms with van der Waals surface area (Å²) in [6.45, 7) is 6.87. The molecule has 0 aliphatic heterocycles. The zero-order chi connectivity index (χ0) is 16.5. The highest BCUT2D eigenvalue weighted by Gasteiger charge is 2.09. The second-order valence-electron chi connectivity index (χ2n) is 5.21. The van der Waals surface area contributed by atoms with Crippen LogP contribution in [0.1, 0.15) is 45.4 Å². The van der Waals surface area contributed by atoms with Crippen LogP contribution in [0.2, 0.25) is 0 Å². The Kier molecular flexibility index (Phi) is 17.3. The van der Waals surface area contributed by atoms with Crippen LogP contribution in [0.15, 0.2) is 0 Å². The van der Waals surface area contributed by atoms with Crippen molar-refractivity contribution in [3.8, 4) is 0 Å². The maximum atomic E-state index is 11.8. The Morgan fingerprint density at radius 1 is 1.00 bits per heavy atom. The molecule has 8 heteroatoms. The number of nitrogens with two attached hydrogens (primary N) is 2. The molecule has 1 atom stereocenters. The Bertz CT molecular complexity index is 260. The molecule has 0 aliphatic rings. The largest absolute Gasteiger partial charge is 0.335 e. The molecule has 0 fully saturated rings. The molecule has 0 saturated carbocycles. The van der Waals surface area contributed by atoms with Crippen LogP contribution in [0.5, 0.6) is 0 Å². The molecule has 1 unspecified atom stereocenters. The summed E-state index contributed by atoms with van der Waals surface area (Å²) in [5, 5.41) is 4.96. The van der Waals surface area contributed by atoms with Crippen molar-refractivity contribution in [3.63, 3.8) is 0 Å². The van der Waals surface area contributed by atoms with E-state index in [1.54, 1.807) is 5.06 Å². The van der Waals surface area contributed by atoms with Gasteiger partial charge in [-0.05, 0) is 38.9 Å². The molecule has 0 saturated heterocycles. The van der Waals surface area contributed by atoms with Gasteiger partial charge in [0.1, 0.15) is 0 Å². The number of nitrogens with one attached hydrogen (secondary N) is 1. The molecule has 5 N–H and O–H groups in total. The minimum absolute atomic E-state index is 0.497. The molecule has 0 aromatic heterocycles. The zero-order valence-electron chi connectivity index (χ0n) is 14.0. The van der Waals surface area contributed by atoms with E-state index in [9.17, 15) is 4.57 Å². The molecule has 134 valence electrons. The fourth-order valence-electron chi connectivity index (χ4n) is 1.84. The van der Waals surface area contributed by atoms with Crippen LogP contribution < -0.4 is 16.8 Å². The highest BCUT2D eigenvalue weighted by molar-refractivity contribution is 7.33. The average Bonchev–Trinajstić information content (AvgIpc) is 2.52. The SMILES string of the molecule is CCCCCCO[PH](=O)ON(CCCN)CCNCCCN. The standard InChI is InChI=1S/C14H35N4O3P/c1-2-3-4-5-14-20-22(19)21-18(12-7-9-16)13-11-17-10-6-8-15/h17,22H,2-16H2,1H3. The Balaban J connectivity index is 3.82. The van der Waals surface area contributed by atoms with Gasteiger partial charge < -0.3 is 21.3 Å². The van der Waals surface area contributed by atoms with Gasteiger partial charge in [-0.15, -0.1) is 0 Å². The third kappa shape index (κ3) is 14.9. The van der Waals surface area contributed by atoms with E-state index in [1.165, 1.54) is 12.8 Å². The minimum Gasteiger partial charge on any atom is -0.330 e. The van der Waals surface area contributed by atoms with Crippen molar-refractivity contribution in [2.45, 2.75) is 45.4 Å². The van der Waals surface area contributed by atoms with Crippen molar-refractivity contribution in [1.82, 2.24) is 10.4 Å². The predicted octanol–water partition coefficient (Wildman–Crippen LogP) is 1.49. The quantitative estimate of drug-likeness (QED) is 0.210. The lowest BCUT2D eigenvalue weighted by atomic mass is 10.2. The first-order chi connectivity index (χ1) is 10.7. The van der Waals surface area contributed by atoms with E-state index in [1.807, 2.05) is 0 Å². The second kappa shape index (κ2) is 17.3. The Hall–Kier alpha value is -0.0100. The lowest BCUT2D eigenvalue weighted by Crippen LogP contribution is -2.33. The number of nitrogens with zero attached hydrogens (tertiary/aromatic N) is 1. The van der Waals surface area contributed by atoms with Crippen molar-refractivity contribution in [2.75, 3.05) is 45.9 Å². The van der Waals surface area contributed by atoms with E-state index >= 15 is 0 Å². The van der Waals surface area contributed by atoms with Crippen molar-refractivity contribution in [1.29, 1.82) is 0 Å². The Morgan fingerprint density at radius 2 is 1.77 bits per heavy atom. The first-order valence-electron chi connectivity index (χ1n) is 8.45. The van der Waals surface area contributed by atoms with E-state index in [0.29, 0.717) is 32.8 Å². The molecule has 0 heterocycles. The molecule has 0 bridgehead atoms. The van der Waals surface area contributed by atoms with Crippen LogP contribution in [0.25, 0.3) is 0 Å². The van der Waals surface area contributed by atoms with Crippen molar-refractivity contribution < 1.29 is 13.7 Å². The van der Waals surface area contributed by atoms with Crippen molar-refractivity contribution >= 4 is 8.25 Å². The van der Waals surface area contributed by atoms with Crippen molar-refractivity contribution in [3.05, 3.63) is 0 Å². The highest BCUT2D eigenvalue weighted by Crippen LogP contribution is 2.26. The van der Waals surface area contributed by atoms with Crippen LogP contribution in [0, 0.1) is 0 Å². The molecule has 22 heavy (non-hydrogen) atoms. The maximum absolute atomic E-state index is 11.8. The molecule has 0 spiro atoms. The van der Waals surface area contributed by atoms with Crippen molar-refractivity contribution in [2.24, 2.45) is 11.5 Å². The monoisotopic (exact) mass is 338 g/mol. The van der Waals surface area contributed by atoms with Gasteiger partial charge in [-0.3, -0.25) is 4.57 Å². The third-order valence-electron chi connectivity index (χ3n) is 3.13. The van der Waals surface area contributed by atoms with Gasteiger partial charge in [0, 0.05) is 19.6 Å². The maximum Gasteiger partial charge on any atom is 0.335 e. The molecule has 7 nitrogen and oxygen atoms in total. The molecule has 0 radical (unpaired) electrons. The summed E-state index contributed by atoms with van der Waals surface area (Å²) in [6.07, 6.45) is 6.14. The highest BCUT2D eigenvalue weighted by atomic mass is 31.1. The number of hydrogen-bond acceptors (Lipinski definition) is 7. The number of hydrogen-bond donors (Lipinski definition) is 3. The average molecular weight is 338 g/mol. The minimum atomic E-state index is -2.46. The van der Waals surface area contributed by atoms with Crippen LogP contribution in [0.4, 0.5) is 0 Å². The molecule has 0 aromatic rings. The summed E-state index contributed by atoms with van der Waals surface area (Å²) in [6, 6.07) is 0. The summed E-state index contributed by atoms with van der Waals surface area (Å²) in [5.74, 6) is 0. The first kappa shape index (κ1) is 22.0. The van der Waals surface area contributed by atoms with Crippen LogP contribution >= 0.6 is 8.25 Å². The molecule has 0 aromatic carbocycles. The summed E-state index contributed by atoms with van der Waals surface area (Å²) in [7, 11) is -2.46. The molecule has 0 aliphatic carbocycles. The van der Waals surface area contributed by atoms with Gasteiger partial charge in [0.15, 0.2) is 0 Å². The predicted molar refractivity (Wildman–Crippen MR) is 92.0 cm³/mol. The summed E-state index contributed by atoms with van der Waals surface area (Å²) < 4.78 is 22.5. The lowest BCUT2D eigenvalue weighted by molar-refractivity contribution is -0.0630. The summed E-state index contributed by atoms with van der Waals surface area (Å²) in [5.41, 5.74) is 11.0. The number of hydroxylamine groups is 2. The van der Waals surface area contributed by atoms with E-state index in [2.05, 4.69) is 12.2 Å². The van der Waals surface area contributed by atoms with Crippen LogP contribution in [-0.4, -0.2) is 50.9 Å². The van der Waals surface area contributed by atoms with Gasteiger partial charge in [-0.25, -0.2) is 4.62 Å². The topological polar surface area (TPSA) is 103 Å². The zero-order valence-corrected chi connectivity index (χ0v) is 15.0. The van der Waals surface area contributed by atoms with E-state index in [-0.39, 0.29) is 0 Å². The second-order valence-corrected chi connectivity index (χ2v) is 6.19. The van der Waals surface area contributed by atoms with Crippen LogP contribution in [0.3, 0.4) is 0 Å². The fourth-order valence-corrected chi connectivity index (χ4v) is 2.60. The van der Waals surface area contributed by atoms with E-state index in [0.717, 1.165) is 38.8 Å². The van der Waals surface area contributed by atoms with Gasteiger partial charge in [-0.1, -0.05) is 26.2 Å². The van der Waals surface area contributed by atoms with E-state index in [4.69, 9.17) is 20.6 Å². The smallest absolute Gasteiger partial charge is 0.330 e. The van der Waals surface area contributed by atoms with Crippen LogP contribution in [-0.2, 0) is 13.7 Å². The van der Waals surface area contributed by atoms with E-state index < -0.39 is 8.25 Å². The third-order valence-corrected chi connectivity index (χ3v) is 3.98. The molecule has 0 amide bonds. The normalized spacial score (nSPS) is 12.9. The number of unbranched alkanes of at least 4 members (excludes halogenated alkanes) is 3. The van der Waals surface area contributed by atoms with Gasteiger partial charge in [0.05, 0.1) is 6.61 Å². The fraction of sp³-hybridized carbons (Fsp3) is 1.00. The summed E-state index contributed by atoms with van der Waals surface area (Å²) in [4.78, 5) is 0. The molecular formula is C14H35N4O3P. The Labute approximate surface area is 136 Å². The molecular weight excluding hydrogens is 303 g/mol. The van der Waals surface area contributed by atoms with Gasteiger partial charge in [-0.2, -0.15) is 5.06 Å². The Morgan fingerprint density at radius 3 is 2.45 bits per heavy atom.